The van der Waals surface area contributed by atoms with Crippen LogP contribution in [0.25, 0.3) is 0 Å². The molecule has 0 bridgehead atoms. The van der Waals surface area contributed by atoms with Gasteiger partial charge >= 0.3 is 6.18 Å². The lowest BCUT2D eigenvalue weighted by molar-refractivity contribution is -0.134. The van der Waals surface area contributed by atoms with E-state index in [0.29, 0.717) is 12.8 Å². The van der Waals surface area contributed by atoms with Crippen molar-refractivity contribution in [3.8, 4) is 0 Å². The summed E-state index contributed by atoms with van der Waals surface area (Å²) in [5, 5.41) is 0. The van der Waals surface area contributed by atoms with E-state index >= 15 is 0 Å². The first-order valence-corrected chi connectivity index (χ1v) is 5.23. The van der Waals surface area contributed by atoms with Crippen LogP contribution in [0.2, 0.25) is 0 Å². The van der Waals surface area contributed by atoms with Crippen molar-refractivity contribution in [3.05, 3.63) is 21.4 Å². The summed E-state index contributed by atoms with van der Waals surface area (Å²) in [6.45, 7) is 0. The highest BCUT2D eigenvalue weighted by Crippen LogP contribution is 2.39. The zero-order valence-electron chi connectivity index (χ0n) is 7.40. The van der Waals surface area contributed by atoms with Crippen LogP contribution in [-0.4, -0.2) is 6.04 Å². The molecule has 2 rings (SSSR count). The molecule has 0 amide bonds. The molecule has 14 heavy (non-hydrogen) atoms. The Kier molecular flexibility index (Phi) is 2.31. The monoisotopic (exact) mass is 221 g/mol. The van der Waals surface area contributed by atoms with Crippen molar-refractivity contribution in [1.29, 1.82) is 0 Å². The van der Waals surface area contributed by atoms with Gasteiger partial charge in [0.25, 0.3) is 0 Å². The molecule has 1 atom stereocenters. The normalized spacial score (nSPS) is 22.1. The highest BCUT2D eigenvalue weighted by molar-refractivity contribution is 7.12. The maximum absolute atomic E-state index is 12.4. The molecule has 0 fully saturated rings. The number of hydrogen-bond acceptors (Lipinski definition) is 2. The topological polar surface area (TPSA) is 26.0 Å². The fraction of sp³-hybridized carbons (Fsp3) is 0.556. The van der Waals surface area contributed by atoms with Gasteiger partial charge in [0.2, 0.25) is 0 Å². The molecule has 0 saturated carbocycles. The quantitative estimate of drug-likeness (QED) is 0.716. The second-order valence-corrected chi connectivity index (χ2v) is 4.70. The van der Waals surface area contributed by atoms with Gasteiger partial charge in [-0.2, -0.15) is 13.2 Å². The van der Waals surface area contributed by atoms with Crippen LogP contribution in [0.15, 0.2) is 6.07 Å². The number of halogens is 3. The molecule has 0 spiro atoms. The van der Waals surface area contributed by atoms with E-state index in [1.807, 2.05) is 0 Å². The zero-order valence-corrected chi connectivity index (χ0v) is 8.21. The molecule has 2 N–H and O–H groups in total. The summed E-state index contributed by atoms with van der Waals surface area (Å²) < 4.78 is 37.1. The smallest absolute Gasteiger partial charge is 0.327 e. The number of rotatable bonds is 0. The Morgan fingerprint density at radius 1 is 1.43 bits per heavy atom. The molecule has 1 heterocycles. The number of alkyl halides is 3. The van der Waals surface area contributed by atoms with Gasteiger partial charge < -0.3 is 5.73 Å². The molecule has 0 aromatic carbocycles. The van der Waals surface area contributed by atoms with Crippen molar-refractivity contribution >= 4 is 11.3 Å². The van der Waals surface area contributed by atoms with E-state index in [9.17, 15) is 13.2 Å². The number of thiophene rings is 1. The van der Waals surface area contributed by atoms with Crippen LogP contribution in [0.1, 0.15) is 21.7 Å². The first-order chi connectivity index (χ1) is 6.47. The van der Waals surface area contributed by atoms with Gasteiger partial charge in [-0.3, -0.25) is 0 Å². The van der Waals surface area contributed by atoms with Crippen molar-refractivity contribution in [3.63, 3.8) is 0 Å². The Labute approximate surface area is 83.7 Å². The number of nitrogens with two attached hydrogens (primary N) is 1. The third-order valence-corrected chi connectivity index (χ3v) is 3.68. The highest BCUT2D eigenvalue weighted by atomic mass is 32.1. The van der Waals surface area contributed by atoms with Crippen LogP contribution in [-0.2, 0) is 19.0 Å². The summed E-state index contributed by atoms with van der Waals surface area (Å²) in [5.74, 6) is 0. The maximum Gasteiger partial charge on any atom is 0.425 e. The van der Waals surface area contributed by atoms with E-state index in [2.05, 4.69) is 0 Å². The molecule has 1 aromatic rings. The van der Waals surface area contributed by atoms with Crippen molar-refractivity contribution in [2.45, 2.75) is 31.5 Å². The molecule has 0 radical (unpaired) electrons. The predicted molar refractivity (Wildman–Crippen MR) is 49.3 cm³/mol. The molecule has 5 heteroatoms. The molecule has 1 aromatic heterocycles. The Balaban J connectivity index is 2.32. The summed E-state index contributed by atoms with van der Waals surface area (Å²) in [6.07, 6.45) is -2.13. The van der Waals surface area contributed by atoms with Crippen molar-refractivity contribution in [2.24, 2.45) is 5.73 Å². The third kappa shape index (κ3) is 1.79. The molecular formula is C9H10F3NS. The largest absolute Gasteiger partial charge is 0.425 e. The standard InChI is InChI=1S/C9H10F3NS/c10-9(11,12)8-4-5-3-6(13)1-2-7(5)14-8/h4,6H,1-3,13H2. The van der Waals surface area contributed by atoms with Gasteiger partial charge in [0.15, 0.2) is 0 Å². The zero-order chi connectivity index (χ0) is 10.3. The average Bonchev–Trinajstić information content (AvgIpc) is 2.45. The Hall–Kier alpha value is -0.550. The summed E-state index contributed by atoms with van der Waals surface area (Å²) in [6, 6.07) is 1.28. The average molecular weight is 221 g/mol. The lowest BCUT2D eigenvalue weighted by Crippen LogP contribution is -2.26. The summed E-state index contributed by atoms with van der Waals surface area (Å²) in [4.78, 5) is 0.371. The fourth-order valence-electron chi connectivity index (χ4n) is 1.69. The molecule has 1 aliphatic carbocycles. The molecule has 1 nitrogen and oxygen atoms in total. The van der Waals surface area contributed by atoms with Gasteiger partial charge in [0.05, 0.1) is 0 Å². The number of hydrogen-bond donors (Lipinski definition) is 1. The van der Waals surface area contributed by atoms with Gasteiger partial charge in [0, 0.05) is 10.9 Å². The van der Waals surface area contributed by atoms with E-state index < -0.39 is 11.1 Å². The van der Waals surface area contributed by atoms with E-state index in [0.717, 1.165) is 28.2 Å². The second-order valence-electron chi connectivity index (χ2n) is 3.56. The molecule has 1 unspecified atom stereocenters. The summed E-state index contributed by atoms with van der Waals surface area (Å²) >= 11 is 0.864. The van der Waals surface area contributed by atoms with Crippen molar-refractivity contribution < 1.29 is 13.2 Å². The van der Waals surface area contributed by atoms with Crippen LogP contribution in [0, 0.1) is 0 Å². The Morgan fingerprint density at radius 3 is 2.79 bits per heavy atom. The van der Waals surface area contributed by atoms with Crippen LogP contribution in [0.4, 0.5) is 13.2 Å². The second kappa shape index (κ2) is 3.24. The summed E-state index contributed by atoms with van der Waals surface area (Å²) in [5.41, 5.74) is 6.48. The van der Waals surface area contributed by atoms with Gasteiger partial charge in [0.1, 0.15) is 4.88 Å². The Bertz CT molecular complexity index is 342. The molecular weight excluding hydrogens is 211 g/mol. The molecule has 1 aliphatic rings. The minimum atomic E-state index is -4.20. The van der Waals surface area contributed by atoms with Gasteiger partial charge in [-0.05, 0) is 30.9 Å². The van der Waals surface area contributed by atoms with Crippen LogP contribution < -0.4 is 5.73 Å². The molecule has 0 aliphatic heterocycles. The van der Waals surface area contributed by atoms with Crippen molar-refractivity contribution in [2.75, 3.05) is 0 Å². The van der Waals surface area contributed by atoms with Gasteiger partial charge in [-0.15, -0.1) is 11.3 Å². The van der Waals surface area contributed by atoms with Crippen LogP contribution >= 0.6 is 11.3 Å². The van der Waals surface area contributed by atoms with Crippen LogP contribution in [0.5, 0.6) is 0 Å². The minimum Gasteiger partial charge on any atom is -0.327 e. The van der Waals surface area contributed by atoms with E-state index in [1.54, 1.807) is 0 Å². The molecule has 78 valence electrons. The predicted octanol–water partition coefficient (Wildman–Crippen LogP) is 2.58. The Morgan fingerprint density at radius 2 is 2.14 bits per heavy atom. The lowest BCUT2D eigenvalue weighted by atomic mass is 9.95. The van der Waals surface area contributed by atoms with E-state index in [4.69, 9.17) is 5.73 Å². The van der Waals surface area contributed by atoms with E-state index in [-0.39, 0.29) is 6.04 Å². The summed E-state index contributed by atoms with van der Waals surface area (Å²) in [7, 11) is 0. The van der Waals surface area contributed by atoms with Gasteiger partial charge in [-0.1, -0.05) is 0 Å². The van der Waals surface area contributed by atoms with Crippen LogP contribution in [0.3, 0.4) is 0 Å². The SMILES string of the molecule is NC1CCc2sc(C(F)(F)F)cc2C1. The molecule has 0 saturated heterocycles. The lowest BCUT2D eigenvalue weighted by Gasteiger charge is -2.17. The first-order valence-electron chi connectivity index (χ1n) is 4.41. The third-order valence-electron chi connectivity index (χ3n) is 2.40. The van der Waals surface area contributed by atoms with Gasteiger partial charge in [-0.25, -0.2) is 0 Å². The number of aryl methyl sites for hydroxylation is 1. The minimum absolute atomic E-state index is 0.0261. The maximum atomic E-state index is 12.4. The first kappa shape index (κ1) is 9.98. The van der Waals surface area contributed by atoms with Crippen molar-refractivity contribution in [1.82, 2.24) is 0 Å². The number of fused-ring (bicyclic) bond motifs is 1. The fourth-order valence-corrected chi connectivity index (χ4v) is 2.77. The van der Waals surface area contributed by atoms with E-state index in [1.165, 1.54) is 6.07 Å². The highest BCUT2D eigenvalue weighted by Gasteiger charge is 2.34.